The van der Waals surface area contributed by atoms with Gasteiger partial charge in [-0.3, -0.25) is 10.1 Å². The van der Waals surface area contributed by atoms with Gasteiger partial charge in [0.25, 0.3) is 0 Å². The Bertz CT molecular complexity index is 816. The molecule has 0 saturated heterocycles. The van der Waals surface area contributed by atoms with Crippen LogP contribution < -0.4 is 0 Å². The number of carbonyl (C=O) groups is 2. The normalized spacial score (nSPS) is 9.76. The van der Waals surface area contributed by atoms with E-state index in [0.717, 1.165) is 12.1 Å². The van der Waals surface area contributed by atoms with Crippen molar-refractivity contribution in [1.29, 1.82) is 0 Å². The third kappa shape index (κ3) is 5.06. The van der Waals surface area contributed by atoms with Gasteiger partial charge in [0, 0.05) is 6.07 Å². The molecule has 0 unspecified atom stereocenters. The molecule has 132 valence electrons. The third-order valence-corrected chi connectivity index (χ3v) is 3.14. The van der Waals surface area contributed by atoms with Crippen molar-refractivity contribution in [3.05, 3.63) is 74.3 Å². The van der Waals surface area contributed by atoms with Crippen LogP contribution in [0.15, 0.2) is 30.3 Å². The highest BCUT2D eigenvalue weighted by Crippen LogP contribution is 2.21. The topological polar surface area (TPSA) is 118 Å². The molecule has 0 aromatic heterocycles. The van der Waals surface area contributed by atoms with Gasteiger partial charge in [-0.2, -0.15) is 4.39 Å². The Morgan fingerprint density at radius 3 is 1.92 bits per heavy atom. The van der Waals surface area contributed by atoms with Crippen molar-refractivity contribution in [2.75, 3.05) is 0 Å². The van der Waals surface area contributed by atoms with Gasteiger partial charge in [0.15, 0.2) is 0 Å². The molecule has 0 aliphatic rings. The summed E-state index contributed by atoms with van der Waals surface area (Å²) < 4.78 is 25.3. The molecule has 2 aromatic rings. The number of aryl methyl sites for hydroxylation is 2. The molecule has 0 aliphatic heterocycles. The molecule has 0 spiro atoms. The summed E-state index contributed by atoms with van der Waals surface area (Å²) >= 11 is 0. The van der Waals surface area contributed by atoms with E-state index in [1.807, 2.05) is 0 Å². The first kappa shape index (κ1) is 19.7. The van der Waals surface area contributed by atoms with Crippen molar-refractivity contribution in [2.24, 2.45) is 0 Å². The van der Waals surface area contributed by atoms with E-state index in [0.29, 0.717) is 11.6 Å². The molecule has 2 N–H and O–H groups in total. The Kier molecular flexibility index (Phi) is 6.26. The predicted molar refractivity (Wildman–Crippen MR) is 82.8 cm³/mol. The fourth-order valence-corrected chi connectivity index (χ4v) is 1.90. The Morgan fingerprint density at radius 2 is 1.48 bits per heavy atom. The number of benzene rings is 2. The first-order valence-corrected chi connectivity index (χ1v) is 6.71. The van der Waals surface area contributed by atoms with E-state index in [4.69, 9.17) is 10.2 Å². The van der Waals surface area contributed by atoms with E-state index in [9.17, 15) is 28.5 Å². The second-order valence-corrected chi connectivity index (χ2v) is 4.95. The van der Waals surface area contributed by atoms with Crippen LogP contribution in [0.5, 0.6) is 0 Å². The predicted octanol–water partition coefficient (Wildman–Crippen LogP) is 3.57. The van der Waals surface area contributed by atoms with Crippen molar-refractivity contribution < 1.29 is 33.5 Å². The molecule has 2 aromatic carbocycles. The van der Waals surface area contributed by atoms with Crippen molar-refractivity contribution in [1.82, 2.24) is 0 Å². The molecule has 0 atom stereocenters. The van der Waals surface area contributed by atoms with E-state index in [1.165, 1.54) is 19.1 Å². The van der Waals surface area contributed by atoms with Crippen molar-refractivity contribution in [3.8, 4) is 0 Å². The summed E-state index contributed by atoms with van der Waals surface area (Å²) in [4.78, 5) is 30.3. The summed E-state index contributed by atoms with van der Waals surface area (Å²) in [6.07, 6.45) is 0. The van der Waals surface area contributed by atoms with Gasteiger partial charge in [0.1, 0.15) is 5.82 Å². The summed E-state index contributed by atoms with van der Waals surface area (Å²) in [5, 5.41) is 27.4. The van der Waals surface area contributed by atoms with Gasteiger partial charge in [-0.15, -0.1) is 0 Å². The molecule has 0 fully saturated rings. The SMILES string of the molecule is Cc1cc(F)c([N+](=O)[O-])cc1C(=O)O.Cc1cc(F)ccc1C(=O)O. The lowest BCUT2D eigenvalue weighted by atomic mass is 10.1. The quantitative estimate of drug-likeness (QED) is 0.643. The van der Waals surface area contributed by atoms with Crippen LogP contribution in [-0.2, 0) is 0 Å². The largest absolute Gasteiger partial charge is 0.478 e. The van der Waals surface area contributed by atoms with Crippen LogP contribution >= 0.6 is 0 Å². The zero-order chi connectivity index (χ0) is 19.3. The first-order chi connectivity index (χ1) is 11.5. The highest BCUT2D eigenvalue weighted by Gasteiger charge is 2.19. The van der Waals surface area contributed by atoms with Crippen molar-refractivity contribution >= 4 is 17.6 Å². The number of hydrogen-bond donors (Lipinski definition) is 2. The molecule has 2 rings (SSSR count). The minimum atomic E-state index is -1.31. The fraction of sp³-hybridized carbons (Fsp3) is 0.125. The highest BCUT2D eigenvalue weighted by atomic mass is 19.1. The minimum Gasteiger partial charge on any atom is -0.478 e. The number of aromatic carboxylic acids is 2. The van der Waals surface area contributed by atoms with Gasteiger partial charge in [0.2, 0.25) is 5.82 Å². The van der Waals surface area contributed by atoms with Crippen LogP contribution in [0.3, 0.4) is 0 Å². The number of nitro benzene ring substituents is 1. The summed E-state index contributed by atoms with van der Waals surface area (Å²) in [7, 11) is 0. The van der Waals surface area contributed by atoms with Crippen LogP contribution in [0.2, 0.25) is 0 Å². The van der Waals surface area contributed by atoms with Crippen molar-refractivity contribution in [2.45, 2.75) is 13.8 Å². The van der Waals surface area contributed by atoms with E-state index in [-0.39, 0.29) is 16.7 Å². The second kappa shape index (κ2) is 7.95. The number of halogens is 2. The Labute approximate surface area is 140 Å². The maximum Gasteiger partial charge on any atom is 0.336 e. The van der Waals surface area contributed by atoms with Gasteiger partial charge in [-0.25, -0.2) is 14.0 Å². The Hall–Kier alpha value is -3.36. The lowest BCUT2D eigenvalue weighted by molar-refractivity contribution is -0.387. The number of carboxylic acids is 2. The summed E-state index contributed by atoms with van der Waals surface area (Å²) in [5.41, 5.74) is -0.351. The molecule has 7 nitrogen and oxygen atoms in total. The van der Waals surface area contributed by atoms with Gasteiger partial charge in [0.05, 0.1) is 16.1 Å². The average Bonchev–Trinajstić information content (AvgIpc) is 2.46. The number of hydrogen-bond acceptors (Lipinski definition) is 4. The zero-order valence-corrected chi connectivity index (χ0v) is 13.1. The maximum absolute atomic E-state index is 12.9. The van der Waals surface area contributed by atoms with Gasteiger partial charge < -0.3 is 10.2 Å². The summed E-state index contributed by atoms with van der Waals surface area (Å²) in [6.45, 7) is 2.93. The highest BCUT2D eigenvalue weighted by molar-refractivity contribution is 5.90. The standard InChI is InChI=1S/C8H6FNO4.C8H7FO2/c1-4-2-6(9)7(10(13)14)3-5(4)8(11)12;1-5-4-6(9)2-3-7(5)8(10)11/h2-3H,1H3,(H,11,12);2-4H,1H3,(H,10,11). The average molecular weight is 353 g/mol. The molecule has 0 heterocycles. The summed E-state index contributed by atoms with van der Waals surface area (Å²) in [5.74, 6) is -3.78. The second-order valence-electron chi connectivity index (χ2n) is 4.95. The van der Waals surface area contributed by atoms with Gasteiger partial charge >= 0.3 is 17.6 Å². The van der Waals surface area contributed by atoms with E-state index in [2.05, 4.69) is 0 Å². The Morgan fingerprint density at radius 1 is 0.960 bits per heavy atom. The molecule has 0 aliphatic carbocycles. The van der Waals surface area contributed by atoms with Crippen LogP contribution in [0.4, 0.5) is 14.5 Å². The minimum absolute atomic E-state index is 0.145. The van der Waals surface area contributed by atoms with Crippen LogP contribution in [0, 0.1) is 35.6 Å². The van der Waals surface area contributed by atoms with Crippen LogP contribution in [0.25, 0.3) is 0 Å². The monoisotopic (exact) mass is 353 g/mol. The molecule has 0 saturated carbocycles. The Balaban J connectivity index is 0.000000257. The number of carboxylic acid groups (broad SMARTS) is 2. The number of nitro groups is 1. The molecule has 0 radical (unpaired) electrons. The molecule has 0 bridgehead atoms. The number of rotatable bonds is 3. The molecule has 0 amide bonds. The van der Waals surface area contributed by atoms with Crippen LogP contribution in [-0.4, -0.2) is 27.1 Å². The van der Waals surface area contributed by atoms with E-state index >= 15 is 0 Å². The third-order valence-electron chi connectivity index (χ3n) is 3.14. The van der Waals surface area contributed by atoms with Gasteiger partial charge in [-0.05, 0) is 49.2 Å². The van der Waals surface area contributed by atoms with Gasteiger partial charge in [-0.1, -0.05) is 0 Å². The summed E-state index contributed by atoms with van der Waals surface area (Å²) in [6, 6.07) is 5.14. The van der Waals surface area contributed by atoms with Crippen LogP contribution in [0.1, 0.15) is 31.8 Å². The zero-order valence-electron chi connectivity index (χ0n) is 13.1. The first-order valence-electron chi connectivity index (χ1n) is 6.71. The number of nitrogens with zero attached hydrogens (tertiary/aromatic N) is 1. The lowest BCUT2D eigenvalue weighted by Gasteiger charge is -2.00. The van der Waals surface area contributed by atoms with E-state index in [1.54, 1.807) is 6.92 Å². The fourth-order valence-electron chi connectivity index (χ4n) is 1.90. The molecule has 25 heavy (non-hydrogen) atoms. The lowest BCUT2D eigenvalue weighted by Crippen LogP contribution is -2.03. The molecular weight excluding hydrogens is 340 g/mol. The van der Waals surface area contributed by atoms with Crippen molar-refractivity contribution in [3.63, 3.8) is 0 Å². The maximum atomic E-state index is 12.9. The smallest absolute Gasteiger partial charge is 0.336 e. The van der Waals surface area contributed by atoms with E-state index < -0.39 is 34.2 Å². The molecular formula is C16H13F2NO6. The molecule has 9 heteroatoms.